The fourth-order valence-corrected chi connectivity index (χ4v) is 1.63. The Morgan fingerprint density at radius 2 is 1.82 bits per heavy atom. The third kappa shape index (κ3) is 2.80. The summed E-state index contributed by atoms with van der Waals surface area (Å²) in [7, 11) is 0. The molecule has 2 heterocycles. The lowest BCUT2D eigenvalue weighted by Gasteiger charge is -2.18. The summed E-state index contributed by atoms with van der Waals surface area (Å²) in [5.74, 6) is 0. The van der Waals surface area contributed by atoms with Crippen molar-refractivity contribution in [2.75, 3.05) is 0 Å². The first-order valence-corrected chi connectivity index (χ1v) is 5.81. The van der Waals surface area contributed by atoms with Gasteiger partial charge in [-0.2, -0.15) is 0 Å². The van der Waals surface area contributed by atoms with Gasteiger partial charge >= 0.3 is 0 Å². The van der Waals surface area contributed by atoms with Crippen molar-refractivity contribution in [1.29, 1.82) is 0 Å². The van der Waals surface area contributed by atoms with Gasteiger partial charge in [-0.1, -0.05) is 26.8 Å². The average Bonchev–Trinajstić information content (AvgIpc) is 2.28. The molecule has 17 heavy (non-hydrogen) atoms. The van der Waals surface area contributed by atoms with E-state index in [-0.39, 0.29) is 10.7 Å². The number of nitrogens with zero attached hydrogens (tertiary/aromatic N) is 3. The summed E-state index contributed by atoms with van der Waals surface area (Å²) in [5, 5.41) is 0.262. The molecule has 0 aromatic carbocycles. The molecule has 0 fully saturated rings. The van der Waals surface area contributed by atoms with Crippen LogP contribution in [0.4, 0.5) is 0 Å². The van der Waals surface area contributed by atoms with Crippen molar-refractivity contribution in [3.8, 4) is 11.4 Å². The first kappa shape index (κ1) is 12.0. The van der Waals surface area contributed by atoms with Gasteiger partial charge in [-0.15, -0.1) is 0 Å². The second kappa shape index (κ2) is 4.41. The summed E-state index contributed by atoms with van der Waals surface area (Å²) in [6.45, 7) is 6.27. The van der Waals surface area contributed by atoms with Gasteiger partial charge in [0.25, 0.3) is 0 Å². The van der Waals surface area contributed by atoms with E-state index in [0.717, 1.165) is 17.1 Å². The molecule has 0 aliphatic heterocycles. The topological polar surface area (TPSA) is 38.7 Å². The molecule has 0 aliphatic rings. The molecule has 0 aliphatic carbocycles. The van der Waals surface area contributed by atoms with Crippen molar-refractivity contribution in [3.05, 3.63) is 41.4 Å². The molecule has 3 nitrogen and oxygen atoms in total. The second-order valence-corrected chi connectivity index (χ2v) is 5.21. The van der Waals surface area contributed by atoms with Crippen molar-refractivity contribution >= 4 is 11.6 Å². The normalized spacial score (nSPS) is 11.5. The Bertz CT molecular complexity index is 518. The Hall–Kier alpha value is -1.48. The summed E-state index contributed by atoms with van der Waals surface area (Å²) in [4.78, 5) is 12.7. The van der Waals surface area contributed by atoms with E-state index >= 15 is 0 Å². The fourth-order valence-electron chi connectivity index (χ4n) is 1.45. The highest BCUT2D eigenvalue weighted by molar-refractivity contribution is 6.28. The monoisotopic (exact) mass is 247 g/mol. The maximum absolute atomic E-state index is 5.96. The van der Waals surface area contributed by atoms with Crippen LogP contribution in [0.15, 0.2) is 30.5 Å². The molecule has 2 aromatic rings. The van der Waals surface area contributed by atoms with Gasteiger partial charge in [0.1, 0.15) is 0 Å². The Kier molecular flexibility index (Phi) is 3.11. The van der Waals surface area contributed by atoms with Gasteiger partial charge in [-0.25, -0.2) is 9.97 Å². The predicted octanol–water partition coefficient (Wildman–Crippen LogP) is 3.49. The van der Waals surface area contributed by atoms with Crippen molar-refractivity contribution in [2.24, 2.45) is 0 Å². The highest BCUT2D eigenvalue weighted by Gasteiger charge is 2.18. The smallest absolute Gasteiger partial charge is 0.223 e. The van der Waals surface area contributed by atoms with Crippen LogP contribution in [0.3, 0.4) is 0 Å². The Morgan fingerprint density at radius 1 is 1.06 bits per heavy atom. The molecule has 0 radical (unpaired) electrons. The zero-order valence-corrected chi connectivity index (χ0v) is 10.9. The molecule has 0 saturated heterocycles. The number of hydrogen-bond acceptors (Lipinski definition) is 3. The molecule has 0 amide bonds. The average molecular weight is 248 g/mol. The maximum atomic E-state index is 5.96. The summed E-state index contributed by atoms with van der Waals surface area (Å²) in [6, 6.07) is 7.64. The summed E-state index contributed by atoms with van der Waals surface area (Å²) >= 11 is 5.96. The first-order chi connectivity index (χ1) is 7.97. The maximum Gasteiger partial charge on any atom is 0.223 e. The van der Waals surface area contributed by atoms with Gasteiger partial charge in [0, 0.05) is 11.6 Å². The van der Waals surface area contributed by atoms with E-state index in [2.05, 4.69) is 35.7 Å². The van der Waals surface area contributed by atoms with Gasteiger partial charge in [-0.3, -0.25) is 4.98 Å². The Balaban J connectivity index is 2.54. The van der Waals surface area contributed by atoms with Gasteiger partial charge in [0.15, 0.2) is 0 Å². The molecule has 0 atom stereocenters. The van der Waals surface area contributed by atoms with E-state index < -0.39 is 0 Å². The number of rotatable bonds is 1. The van der Waals surface area contributed by atoms with E-state index in [1.165, 1.54) is 0 Å². The zero-order valence-electron chi connectivity index (χ0n) is 10.1. The molecule has 88 valence electrons. The van der Waals surface area contributed by atoms with Crippen molar-refractivity contribution in [3.63, 3.8) is 0 Å². The lowest BCUT2D eigenvalue weighted by molar-refractivity contribution is 0.567. The molecule has 0 saturated carbocycles. The van der Waals surface area contributed by atoms with Crippen LogP contribution in [0.25, 0.3) is 11.4 Å². The minimum Gasteiger partial charge on any atom is -0.255 e. The van der Waals surface area contributed by atoms with E-state index in [1.807, 2.05) is 24.3 Å². The molecule has 4 heteroatoms. The van der Waals surface area contributed by atoms with Crippen LogP contribution in [0, 0.1) is 0 Å². The van der Waals surface area contributed by atoms with Crippen molar-refractivity contribution < 1.29 is 0 Å². The van der Waals surface area contributed by atoms with Gasteiger partial charge in [-0.05, 0) is 29.8 Å². The van der Waals surface area contributed by atoms with E-state index in [4.69, 9.17) is 11.6 Å². The minimum absolute atomic E-state index is 0.0594. The van der Waals surface area contributed by atoms with E-state index in [0.29, 0.717) is 0 Å². The quantitative estimate of drug-likeness (QED) is 0.724. The second-order valence-electron chi connectivity index (χ2n) is 4.87. The first-order valence-electron chi connectivity index (χ1n) is 5.43. The lowest BCUT2D eigenvalue weighted by atomic mass is 9.91. The largest absolute Gasteiger partial charge is 0.255 e. The Morgan fingerprint density at radius 3 is 2.41 bits per heavy atom. The van der Waals surface area contributed by atoms with Crippen LogP contribution < -0.4 is 0 Å². The number of aromatic nitrogens is 3. The molecular weight excluding hydrogens is 234 g/mol. The van der Waals surface area contributed by atoms with Gasteiger partial charge in [0.05, 0.1) is 17.1 Å². The molecule has 0 N–H and O–H groups in total. The molecule has 0 unspecified atom stereocenters. The number of halogens is 1. The van der Waals surface area contributed by atoms with Crippen LogP contribution in [0.2, 0.25) is 5.28 Å². The number of pyridine rings is 1. The SMILES string of the molecule is CC(C)(C)c1cc(-c2ccccn2)nc(Cl)n1. The van der Waals surface area contributed by atoms with Crippen LogP contribution in [0.1, 0.15) is 26.5 Å². The Labute approximate surface area is 106 Å². The predicted molar refractivity (Wildman–Crippen MR) is 69.0 cm³/mol. The van der Waals surface area contributed by atoms with Crippen LogP contribution in [-0.2, 0) is 5.41 Å². The van der Waals surface area contributed by atoms with Crippen LogP contribution >= 0.6 is 11.6 Å². The van der Waals surface area contributed by atoms with Gasteiger partial charge < -0.3 is 0 Å². The molecule has 2 aromatic heterocycles. The standard InChI is InChI=1S/C13H14ClN3/c1-13(2,3)11-8-10(16-12(14)17-11)9-6-4-5-7-15-9/h4-8H,1-3H3. The van der Waals surface area contributed by atoms with E-state index in [9.17, 15) is 0 Å². The van der Waals surface area contributed by atoms with E-state index in [1.54, 1.807) is 6.20 Å². The third-order valence-corrected chi connectivity index (χ3v) is 2.56. The minimum atomic E-state index is -0.0594. The highest BCUT2D eigenvalue weighted by atomic mass is 35.5. The third-order valence-electron chi connectivity index (χ3n) is 2.39. The van der Waals surface area contributed by atoms with Crippen LogP contribution in [-0.4, -0.2) is 15.0 Å². The van der Waals surface area contributed by atoms with Gasteiger partial charge in [0.2, 0.25) is 5.28 Å². The summed E-state index contributed by atoms with van der Waals surface area (Å²) in [6.07, 6.45) is 1.74. The van der Waals surface area contributed by atoms with Crippen molar-refractivity contribution in [2.45, 2.75) is 26.2 Å². The number of hydrogen-bond donors (Lipinski definition) is 0. The molecule has 0 bridgehead atoms. The molecule has 2 rings (SSSR count). The summed E-state index contributed by atoms with van der Waals surface area (Å²) in [5.41, 5.74) is 2.42. The zero-order chi connectivity index (χ0) is 12.5. The summed E-state index contributed by atoms with van der Waals surface area (Å²) < 4.78 is 0. The fraction of sp³-hybridized carbons (Fsp3) is 0.308. The van der Waals surface area contributed by atoms with Crippen LogP contribution in [0.5, 0.6) is 0 Å². The molecule has 0 spiro atoms. The molecular formula is C13H14ClN3. The highest BCUT2D eigenvalue weighted by Crippen LogP contribution is 2.25. The van der Waals surface area contributed by atoms with Crippen molar-refractivity contribution in [1.82, 2.24) is 15.0 Å². The lowest BCUT2D eigenvalue weighted by Crippen LogP contribution is -2.14.